The second kappa shape index (κ2) is 5.18. The molecular weight excluding hydrogens is 360 g/mol. The Hall–Kier alpha value is -2.65. The summed E-state index contributed by atoms with van der Waals surface area (Å²) in [7, 11) is 0. The van der Waals surface area contributed by atoms with Crippen LogP contribution in [0.5, 0.6) is 0 Å². The molecule has 0 aliphatic carbocycles. The molecule has 2 nitrogen and oxygen atoms in total. The molecule has 0 amide bonds. The Kier molecular flexibility index (Phi) is 2.97. The maximum absolute atomic E-state index is 4.97. The molecule has 2 heterocycles. The minimum Gasteiger partial charge on any atom is -0.306 e. The van der Waals surface area contributed by atoms with Crippen molar-refractivity contribution in [1.82, 2.24) is 9.38 Å². The van der Waals surface area contributed by atoms with Crippen molar-refractivity contribution < 1.29 is 0 Å². The highest BCUT2D eigenvalue weighted by atomic mass is 79.9. The van der Waals surface area contributed by atoms with E-state index in [2.05, 4.69) is 87.1 Å². The summed E-state index contributed by atoms with van der Waals surface area (Å²) in [5, 5.41) is 1.23. The van der Waals surface area contributed by atoms with E-state index in [0.717, 1.165) is 32.3 Å². The molecule has 0 spiro atoms. The summed E-state index contributed by atoms with van der Waals surface area (Å²) in [5.41, 5.74) is 6.60. The fourth-order valence-electron chi connectivity index (χ4n) is 3.36. The maximum atomic E-state index is 4.97. The molecule has 3 aromatic carbocycles. The molecule has 5 aromatic rings. The maximum Gasteiger partial charge on any atom is 0.0951 e. The van der Waals surface area contributed by atoms with Gasteiger partial charge >= 0.3 is 0 Å². The van der Waals surface area contributed by atoms with E-state index in [9.17, 15) is 0 Å². The lowest BCUT2D eigenvalue weighted by Gasteiger charge is -2.09. The van der Waals surface area contributed by atoms with Gasteiger partial charge in [-0.3, -0.25) is 0 Å². The predicted octanol–water partition coefficient (Wildman–Crippen LogP) is 6.07. The van der Waals surface area contributed by atoms with Crippen molar-refractivity contribution in [2.75, 3.05) is 0 Å². The molecule has 0 N–H and O–H groups in total. The smallest absolute Gasteiger partial charge is 0.0951 e. The van der Waals surface area contributed by atoms with Crippen molar-refractivity contribution in [2.45, 2.75) is 0 Å². The van der Waals surface area contributed by atoms with Gasteiger partial charge < -0.3 is 4.40 Å². The lowest BCUT2D eigenvalue weighted by molar-refractivity contribution is 1.27. The zero-order valence-corrected chi connectivity index (χ0v) is 14.4. The highest BCUT2D eigenvalue weighted by Gasteiger charge is 2.13. The van der Waals surface area contributed by atoms with Gasteiger partial charge in [0.05, 0.1) is 27.8 Å². The molecule has 0 aliphatic rings. The monoisotopic (exact) mass is 372 g/mol. The third kappa shape index (κ3) is 1.98. The van der Waals surface area contributed by atoms with E-state index in [1.54, 1.807) is 0 Å². The molecule has 0 saturated carbocycles. The summed E-state index contributed by atoms with van der Waals surface area (Å²) in [6, 6.07) is 27.3. The van der Waals surface area contributed by atoms with E-state index in [4.69, 9.17) is 4.98 Å². The van der Waals surface area contributed by atoms with Gasteiger partial charge in [-0.1, -0.05) is 58.4 Å². The number of para-hydroxylation sites is 3. The lowest BCUT2D eigenvalue weighted by Crippen LogP contribution is -1.95. The average molecular weight is 373 g/mol. The summed E-state index contributed by atoms with van der Waals surface area (Å²) in [6.45, 7) is 0. The molecule has 3 heteroatoms. The minimum atomic E-state index is 1.00. The zero-order chi connectivity index (χ0) is 16.1. The Morgan fingerprint density at radius 1 is 0.708 bits per heavy atom. The predicted molar refractivity (Wildman–Crippen MR) is 103 cm³/mol. The highest BCUT2D eigenvalue weighted by Crippen LogP contribution is 2.32. The largest absolute Gasteiger partial charge is 0.306 e. The molecule has 0 unspecified atom stereocenters. The van der Waals surface area contributed by atoms with E-state index in [1.807, 2.05) is 12.1 Å². The first-order chi connectivity index (χ1) is 11.8. The van der Waals surface area contributed by atoms with Crippen LogP contribution in [0.2, 0.25) is 0 Å². The van der Waals surface area contributed by atoms with Crippen LogP contribution in [0, 0.1) is 0 Å². The van der Waals surface area contributed by atoms with Crippen molar-refractivity contribution in [3.63, 3.8) is 0 Å². The number of rotatable bonds is 1. The lowest BCUT2D eigenvalue weighted by atomic mass is 10.1. The summed E-state index contributed by atoms with van der Waals surface area (Å²) >= 11 is 3.57. The molecule has 24 heavy (non-hydrogen) atoms. The van der Waals surface area contributed by atoms with Gasteiger partial charge in [-0.2, -0.15) is 0 Å². The van der Waals surface area contributed by atoms with Crippen LogP contribution >= 0.6 is 15.9 Å². The quantitative estimate of drug-likeness (QED) is 0.349. The third-order valence-corrected chi connectivity index (χ3v) is 4.90. The van der Waals surface area contributed by atoms with E-state index < -0.39 is 0 Å². The van der Waals surface area contributed by atoms with Gasteiger partial charge in [0.15, 0.2) is 0 Å². The fraction of sp³-hybridized carbons (Fsp3) is 0. The van der Waals surface area contributed by atoms with Gasteiger partial charge in [0.1, 0.15) is 0 Å². The Bertz CT molecular complexity index is 1220. The van der Waals surface area contributed by atoms with E-state index in [-0.39, 0.29) is 0 Å². The zero-order valence-electron chi connectivity index (χ0n) is 12.8. The Morgan fingerprint density at radius 2 is 1.50 bits per heavy atom. The molecule has 0 bridgehead atoms. The SMILES string of the molecule is Brc1cccc(-c2nc3ccccc3n3c2cc2ccccc23)c1. The molecule has 0 saturated heterocycles. The van der Waals surface area contributed by atoms with E-state index in [0.29, 0.717) is 0 Å². The number of fused-ring (bicyclic) bond motifs is 5. The minimum absolute atomic E-state index is 1.00. The second-order valence-electron chi connectivity index (χ2n) is 5.88. The molecule has 0 fully saturated rings. The number of aromatic nitrogens is 2. The van der Waals surface area contributed by atoms with Gasteiger partial charge in [-0.25, -0.2) is 4.98 Å². The Labute approximate surface area is 147 Å². The summed E-state index contributed by atoms with van der Waals surface area (Å²) < 4.78 is 3.37. The molecule has 2 aromatic heterocycles. The molecule has 0 radical (unpaired) electrons. The third-order valence-electron chi connectivity index (χ3n) is 4.41. The van der Waals surface area contributed by atoms with Gasteiger partial charge in [0, 0.05) is 15.4 Å². The average Bonchev–Trinajstić information content (AvgIpc) is 3.01. The van der Waals surface area contributed by atoms with E-state index in [1.165, 1.54) is 10.9 Å². The standard InChI is InChI=1S/C21H13BrN2/c22-16-8-5-7-15(12-16)21-20-13-14-6-1-3-10-18(14)24(20)19-11-4-2-9-17(19)23-21/h1-13H. The topological polar surface area (TPSA) is 17.3 Å². The van der Waals surface area contributed by atoms with Crippen LogP contribution in [0.3, 0.4) is 0 Å². The summed E-state index contributed by atoms with van der Waals surface area (Å²) in [5.74, 6) is 0. The first-order valence-corrected chi connectivity index (χ1v) is 8.65. The molecule has 0 aliphatic heterocycles. The summed E-state index contributed by atoms with van der Waals surface area (Å²) in [6.07, 6.45) is 0. The van der Waals surface area contributed by atoms with Crippen molar-refractivity contribution in [3.05, 3.63) is 83.3 Å². The van der Waals surface area contributed by atoms with Crippen LogP contribution in [0.15, 0.2) is 83.3 Å². The van der Waals surface area contributed by atoms with E-state index >= 15 is 0 Å². The molecule has 5 rings (SSSR count). The fourth-order valence-corrected chi connectivity index (χ4v) is 3.76. The van der Waals surface area contributed by atoms with Gasteiger partial charge in [-0.05, 0) is 36.4 Å². The first-order valence-electron chi connectivity index (χ1n) is 7.86. The Balaban J connectivity index is 2.03. The number of hydrogen-bond donors (Lipinski definition) is 0. The van der Waals surface area contributed by atoms with Gasteiger partial charge in [-0.15, -0.1) is 0 Å². The number of nitrogens with zero attached hydrogens (tertiary/aromatic N) is 2. The summed E-state index contributed by atoms with van der Waals surface area (Å²) in [4.78, 5) is 4.97. The molecule has 114 valence electrons. The Morgan fingerprint density at radius 3 is 2.38 bits per heavy atom. The number of hydrogen-bond acceptors (Lipinski definition) is 1. The van der Waals surface area contributed by atoms with Gasteiger partial charge in [0.2, 0.25) is 0 Å². The van der Waals surface area contributed by atoms with Crippen molar-refractivity contribution in [1.29, 1.82) is 0 Å². The molecular formula is C21H13BrN2. The normalized spacial score (nSPS) is 11.5. The van der Waals surface area contributed by atoms with Crippen LogP contribution in [0.25, 0.3) is 38.7 Å². The number of halogens is 1. The van der Waals surface area contributed by atoms with Crippen LogP contribution in [0.4, 0.5) is 0 Å². The number of benzene rings is 3. The second-order valence-corrected chi connectivity index (χ2v) is 6.80. The van der Waals surface area contributed by atoms with Crippen molar-refractivity contribution in [2.24, 2.45) is 0 Å². The molecule has 0 atom stereocenters. The first kappa shape index (κ1) is 13.8. The van der Waals surface area contributed by atoms with Crippen LogP contribution in [0.1, 0.15) is 0 Å². The van der Waals surface area contributed by atoms with Crippen molar-refractivity contribution in [3.8, 4) is 11.3 Å². The van der Waals surface area contributed by atoms with Gasteiger partial charge in [0.25, 0.3) is 0 Å². The highest BCUT2D eigenvalue weighted by molar-refractivity contribution is 9.10. The van der Waals surface area contributed by atoms with Crippen LogP contribution < -0.4 is 0 Å². The van der Waals surface area contributed by atoms with Crippen LogP contribution in [-0.2, 0) is 0 Å². The van der Waals surface area contributed by atoms with Crippen LogP contribution in [-0.4, -0.2) is 9.38 Å². The van der Waals surface area contributed by atoms with Crippen molar-refractivity contribution >= 4 is 43.4 Å².